The average Bonchev–Trinajstić information content (AvgIpc) is 3.01. The highest BCUT2D eigenvalue weighted by Gasteiger charge is 2.28. The van der Waals surface area contributed by atoms with Crippen LogP contribution in [0.25, 0.3) is 0 Å². The number of rotatable bonds is 6. The van der Waals surface area contributed by atoms with E-state index in [1.54, 1.807) is 29.6 Å². The molecule has 24 heavy (non-hydrogen) atoms. The van der Waals surface area contributed by atoms with E-state index in [1.807, 2.05) is 0 Å². The number of pyridine rings is 1. The minimum Gasteiger partial charge on any atom is -0.368 e. The highest BCUT2D eigenvalue weighted by atomic mass is 32.2. The minimum absolute atomic E-state index is 0.216. The molecular weight excluding hydrogens is 330 g/mol. The summed E-state index contributed by atoms with van der Waals surface area (Å²) >= 11 is 0. The zero-order valence-electron chi connectivity index (χ0n) is 13.6. The Bertz CT molecular complexity index is 784. The fourth-order valence-corrected chi connectivity index (χ4v) is 4.34. The first-order valence-electron chi connectivity index (χ1n) is 8.05. The maximum Gasteiger partial charge on any atom is 0.246 e. The van der Waals surface area contributed by atoms with Gasteiger partial charge in [0.05, 0.1) is 0 Å². The quantitative estimate of drug-likeness (QED) is 0.843. The Labute approximate surface area is 141 Å². The summed E-state index contributed by atoms with van der Waals surface area (Å²) in [6.07, 6.45) is 4.96. The smallest absolute Gasteiger partial charge is 0.246 e. The molecule has 1 aliphatic heterocycles. The lowest BCUT2D eigenvalue weighted by molar-refractivity contribution is 0.346. The van der Waals surface area contributed by atoms with Gasteiger partial charge in [-0.25, -0.2) is 13.4 Å². The number of anilines is 1. The Morgan fingerprint density at radius 3 is 2.79 bits per heavy atom. The highest BCUT2D eigenvalue weighted by molar-refractivity contribution is 7.89. The van der Waals surface area contributed by atoms with Crippen LogP contribution in [0.1, 0.15) is 31.0 Å². The molecule has 0 saturated carbocycles. The van der Waals surface area contributed by atoms with Crippen molar-refractivity contribution in [3.05, 3.63) is 30.0 Å². The molecule has 1 saturated heterocycles. The maximum absolute atomic E-state index is 12.8. The molecule has 2 aromatic rings. The molecule has 9 heteroatoms. The molecule has 1 N–H and O–H groups in total. The van der Waals surface area contributed by atoms with Crippen molar-refractivity contribution in [2.24, 2.45) is 0 Å². The van der Waals surface area contributed by atoms with Crippen molar-refractivity contribution in [1.82, 2.24) is 19.4 Å². The van der Waals surface area contributed by atoms with Crippen LogP contribution in [0.15, 0.2) is 27.7 Å². The van der Waals surface area contributed by atoms with Crippen molar-refractivity contribution in [1.29, 1.82) is 0 Å². The first-order valence-corrected chi connectivity index (χ1v) is 9.49. The van der Waals surface area contributed by atoms with Crippen LogP contribution in [0, 0.1) is 6.92 Å². The number of piperidine rings is 1. The van der Waals surface area contributed by atoms with Gasteiger partial charge in [0.2, 0.25) is 15.9 Å². The van der Waals surface area contributed by atoms with Crippen molar-refractivity contribution < 1.29 is 12.9 Å². The minimum atomic E-state index is -3.53. The molecule has 3 heterocycles. The number of hydrogen-bond donors (Lipinski definition) is 1. The molecule has 8 nitrogen and oxygen atoms in total. The first-order chi connectivity index (χ1) is 11.6. The number of hydrogen-bond acceptors (Lipinski definition) is 7. The van der Waals surface area contributed by atoms with Gasteiger partial charge in [-0.2, -0.15) is 9.29 Å². The molecule has 130 valence electrons. The van der Waals surface area contributed by atoms with Crippen molar-refractivity contribution >= 4 is 15.8 Å². The molecule has 1 fully saturated rings. The topological polar surface area (TPSA) is 101 Å². The van der Waals surface area contributed by atoms with Crippen LogP contribution in [0.3, 0.4) is 0 Å². The summed E-state index contributed by atoms with van der Waals surface area (Å²) in [5.74, 6) is 1.45. The normalized spacial score (nSPS) is 16.2. The van der Waals surface area contributed by atoms with Gasteiger partial charge in [-0.3, -0.25) is 0 Å². The molecule has 0 bridgehead atoms. The summed E-state index contributed by atoms with van der Waals surface area (Å²) in [4.78, 5) is 8.53. The maximum atomic E-state index is 12.8. The lowest BCUT2D eigenvalue weighted by atomic mass is 10.2. The van der Waals surface area contributed by atoms with Gasteiger partial charge in [-0.15, -0.1) is 0 Å². The van der Waals surface area contributed by atoms with Gasteiger partial charge < -0.3 is 9.84 Å². The third kappa shape index (κ3) is 3.73. The molecule has 2 aromatic heterocycles. The largest absolute Gasteiger partial charge is 0.368 e. The van der Waals surface area contributed by atoms with E-state index in [4.69, 9.17) is 4.52 Å². The SMILES string of the molecule is Cc1noc(CCNc2ncccc2S(=O)(=O)N2CCCCC2)n1. The molecule has 0 aliphatic carbocycles. The monoisotopic (exact) mass is 351 g/mol. The molecule has 0 atom stereocenters. The van der Waals surface area contributed by atoms with Gasteiger partial charge in [-0.05, 0) is 31.9 Å². The number of nitrogens with one attached hydrogen (secondary N) is 1. The van der Waals surface area contributed by atoms with E-state index in [-0.39, 0.29) is 4.90 Å². The third-order valence-electron chi connectivity index (χ3n) is 3.90. The van der Waals surface area contributed by atoms with Gasteiger partial charge >= 0.3 is 0 Å². The molecule has 0 unspecified atom stereocenters. The van der Waals surface area contributed by atoms with E-state index < -0.39 is 10.0 Å². The van der Waals surface area contributed by atoms with Gasteiger partial charge in [0, 0.05) is 32.3 Å². The van der Waals surface area contributed by atoms with Crippen LogP contribution >= 0.6 is 0 Å². The molecule has 0 spiro atoms. The first kappa shape index (κ1) is 16.8. The van der Waals surface area contributed by atoms with Gasteiger partial charge in [0.1, 0.15) is 10.7 Å². The fourth-order valence-electron chi connectivity index (χ4n) is 2.71. The van der Waals surface area contributed by atoms with E-state index in [0.717, 1.165) is 19.3 Å². The fraction of sp³-hybridized carbons (Fsp3) is 0.533. The summed E-state index contributed by atoms with van der Waals surface area (Å²) in [5, 5.41) is 6.80. The third-order valence-corrected chi connectivity index (χ3v) is 5.83. The lowest BCUT2D eigenvalue weighted by Crippen LogP contribution is -2.36. The van der Waals surface area contributed by atoms with Crippen LogP contribution in [-0.2, 0) is 16.4 Å². The van der Waals surface area contributed by atoms with Crippen LogP contribution in [0.4, 0.5) is 5.82 Å². The Kier molecular flexibility index (Phi) is 5.10. The Morgan fingerprint density at radius 1 is 1.29 bits per heavy atom. The van der Waals surface area contributed by atoms with E-state index in [0.29, 0.717) is 43.6 Å². The molecular formula is C15H21N5O3S. The predicted molar refractivity (Wildman–Crippen MR) is 88.1 cm³/mol. The van der Waals surface area contributed by atoms with E-state index in [1.165, 1.54) is 0 Å². The van der Waals surface area contributed by atoms with Crippen molar-refractivity contribution in [2.45, 2.75) is 37.5 Å². The molecule has 0 radical (unpaired) electrons. The Balaban J connectivity index is 1.72. The Hall–Kier alpha value is -2.00. The highest BCUT2D eigenvalue weighted by Crippen LogP contribution is 2.25. The van der Waals surface area contributed by atoms with E-state index in [2.05, 4.69) is 20.4 Å². The Morgan fingerprint density at radius 2 is 2.08 bits per heavy atom. The van der Waals surface area contributed by atoms with Crippen molar-refractivity contribution in [2.75, 3.05) is 25.0 Å². The van der Waals surface area contributed by atoms with E-state index >= 15 is 0 Å². The number of sulfonamides is 1. The zero-order chi connectivity index (χ0) is 17.0. The second-order valence-electron chi connectivity index (χ2n) is 5.73. The van der Waals surface area contributed by atoms with Crippen LogP contribution in [-0.4, -0.2) is 47.5 Å². The molecule has 3 rings (SSSR count). The van der Waals surface area contributed by atoms with Crippen LogP contribution in [0.5, 0.6) is 0 Å². The second-order valence-corrected chi connectivity index (χ2v) is 7.63. The number of aromatic nitrogens is 3. The molecule has 0 aromatic carbocycles. The second kappa shape index (κ2) is 7.27. The van der Waals surface area contributed by atoms with Gasteiger partial charge in [0.25, 0.3) is 0 Å². The summed E-state index contributed by atoms with van der Waals surface area (Å²) in [5.41, 5.74) is 0. The zero-order valence-corrected chi connectivity index (χ0v) is 14.4. The average molecular weight is 351 g/mol. The van der Waals surface area contributed by atoms with Gasteiger partial charge in [0.15, 0.2) is 5.82 Å². The summed E-state index contributed by atoms with van der Waals surface area (Å²) < 4.78 is 32.3. The summed E-state index contributed by atoms with van der Waals surface area (Å²) in [7, 11) is -3.53. The van der Waals surface area contributed by atoms with E-state index in [9.17, 15) is 8.42 Å². The van der Waals surface area contributed by atoms with Crippen molar-refractivity contribution in [3.8, 4) is 0 Å². The summed E-state index contributed by atoms with van der Waals surface area (Å²) in [6, 6.07) is 3.24. The molecule has 1 aliphatic rings. The summed E-state index contributed by atoms with van der Waals surface area (Å²) in [6.45, 7) is 3.35. The standard InChI is InChI=1S/C15H21N5O3S/c1-12-18-14(23-19-12)7-9-17-15-13(6-5-8-16-15)24(21,22)20-10-3-2-4-11-20/h5-6,8H,2-4,7,9-11H2,1H3,(H,16,17). The predicted octanol–water partition coefficient (Wildman–Crippen LogP) is 1.60. The van der Waals surface area contributed by atoms with Gasteiger partial charge in [-0.1, -0.05) is 11.6 Å². The van der Waals surface area contributed by atoms with Crippen LogP contribution < -0.4 is 5.32 Å². The lowest BCUT2D eigenvalue weighted by Gasteiger charge is -2.26. The van der Waals surface area contributed by atoms with Crippen LogP contribution in [0.2, 0.25) is 0 Å². The van der Waals surface area contributed by atoms with Crippen molar-refractivity contribution in [3.63, 3.8) is 0 Å². The molecule has 0 amide bonds. The number of nitrogens with zero attached hydrogens (tertiary/aromatic N) is 4. The number of aryl methyl sites for hydroxylation is 1.